The third kappa shape index (κ3) is 3.41. The van der Waals surface area contributed by atoms with Crippen molar-refractivity contribution in [3.8, 4) is 0 Å². The molecule has 96 valence electrons. The predicted octanol–water partition coefficient (Wildman–Crippen LogP) is 2.58. The fourth-order valence-electron chi connectivity index (χ4n) is 2.19. The third-order valence-corrected chi connectivity index (χ3v) is 4.70. The molecule has 0 saturated carbocycles. The van der Waals surface area contributed by atoms with Crippen LogP contribution in [0.25, 0.3) is 0 Å². The largest absolute Gasteiger partial charge is 0.305 e. The van der Waals surface area contributed by atoms with Crippen molar-refractivity contribution in [2.24, 2.45) is 0 Å². The summed E-state index contributed by atoms with van der Waals surface area (Å²) < 4.78 is 0. The van der Waals surface area contributed by atoms with Crippen LogP contribution < -0.4 is 0 Å². The second kappa shape index (κ2) is 6.14. The molecule has 0 aromatic carbocycles. The SMILES string of the molecule is CC(c1nc(CCl)cs1)N1CCCN(C)CC1. The zero-order valence-electron chi connectivity index (χ0n) is 10.5. The van der Waals surface area contributed by atoms with Gasteiger partial charge in [-0.2, -0.15) is 0 Å². The number of hydrogen-bond acceptors (Lipinski definition) is 4. The molecule has 3 nitrogen and oxygen atoms in total. The lowest BCUT2D eigenvalue weighted by molar-refractivity contribution is 0.216. The summed E-state index contributed by atoms with van der Waals surface area (Å²) in [7, 11) is 2.20. The Bertz CT molecular complexity index is 355. The first-order valence-electron chi connectivity index (χ1n) is 6.13. The molecule has 1 aromatic heterocycles. The van der Waals surface area contributed by atoms with Crippen molar-refractivity contribution in [1.29, 1.82) is 0 Å². The fourth-order valence-corrected chi connectivity index (χ4v) is 3.32. The zero-order valence-corrected chi connectivity index (χ0v) is 12.1. The van der Waals surface area contributed by atoms with Gasteiger partial charge in [0.1, 0.15) is 5.01 Å². The summed E-state index contributed by atoms with van der Waals surface area (Å²) in [5.41, 5.74) is 1.01. The number of hydrogen-bond donors (Lipinski definition) is 0. The van der Waals surface area contributed by atoms with Gasteiger partial charge in [-0.05, 0) is 26.9 Å². The summed E-state index contributed by atoms with van der Waals surface area (Å²) in [6.45, 7) is 6.91. The zero-order chi connectivity index (χ0) is 12.3. The fraction of sp³-hybridized carbons (Fsp3) is 0.750. The minimum absolute atomic E-state index is 0.420. The van der Waals surface area contributed by atoms with Crippen LogP contribution in [0.1, 0.15) is 30.1 Å². The highest BCUT2D eigenvalue weighted by Gasteiger charge is 2.20. The summed E-state index contributed by atoms with van der Waals surface area (Å²) in [6.07, 6.45) is 1.24. The Balaban J connectivity index is 2.00. The van der Waals surface area contributed by atoms with Gasteiger partial charge in [0.2, 0.25) is 0 Å². The number of halogens is 1. The molecule has 1 unspecified atom stereocenters. The van der Waals surface area contributed by atoms with Crippen molar-refractivity contribution in [2.45, 2.75) is 25.3 Å². The van der Waals surface area contributed by atoms with Crippen molar-refractivity contribution in [1.82, 2.24) is 14.8 Å². The summed E-state index contributed by atoms with van der Waals surface area (Å²) in [5.74, 6) is 0.520. The number of likely N-dealkylation sites (N-methyl/N-ethyl adjacent to an activating group) is 1. The van der Waals surface area contributed by atoms with Gasteiger partial charge in [0.05, 0.1) is 17.6 Å². The van der Waals surface area contributed by atoms with Crippen molar-refractivity contribution < 1.29 is 0 Å². The lowest BCUT2D eigenvalue weighted by Crippen LogP contribution is -2.31. The molecule has 1 atom stereocenters. The molecular weight excluding hydrogens is 254 g/mol. The van der Waals surface area contributed by atoms with Crippen LogP contribution in [0.3, 0.4) is 0 Å². The molecule has 1 fully saturated rings. The molecule has 2 heterocycles. The number of rotatable bonds is 3. The van der Waals surface area contributed by atoms with Crippen molar-refractivity contribution >= 4 is 22.9 Å². The number of nitrogens with zero attached hydrogens (tertiary/aromatic N) is 3. The van der Waals surface area contributed by atoms with E-state index in [2.05, 4.69) is 34.1 Å². The van der Waals surface area contributed by atoms with Crippen molar-refractivity contribution in [3.63, 3.8) is 0 Å². The molecule has 5 heteroatoms. The maximum absolute atomic E-state index is 5.80. The topological polar surface area (TPSA) is 19.4 Å². The monoisotopic (exact) mass is 273 g/mol. The molecule has 0 amide bonds. The maximum Gasteiger partial charge on any atom is 0.110 e. The molecule has 0 bridgehead atoms. The van der Waals surface area contributed by atoms with Crippen LogP contribution in [0.4, 0.5) is 0 Å². The Labute approximate surface area is 112 Å². The molecule has 0 radical (unpaired) electrons. The van der Waals surface area contributed by atoms with Crippen LogP contribution in [-0.2, 0) is 5.88 Å². The number of alkyl halides is 1. The molecule has 0 aliphatic carbocycles. The second-order valence-corrected chi connectivity index (χ2v) is 5.84. The van der Waals surface area contributed by atoms with E-state index in [4.69, 9.17) is 11.6 Å². The van der Waals surface area contributed by atoms with E-state index in [-0.39, 0.29) is 0 Å². The first-order chi connectivity index (χ1) is 8.20. The Kier molecular flexibility index (Phi) is 4.79. The Morgan fingerprint density at radius 1 is 1.41 bits per heavy atom. The number of aromatic nitrogens is 1. The van der Waals surface area contributed by atoms with Gasteiger partial charge in [0, 0.05) is 25.0 Å². The van der Waals surface area contributed by atoms with Crippen LogP contribution in [0.5, 0.6) is 0 Å². The summed E-state index contributed by atoms with van der Waals surface area (Å²) in [5, 5.41) is 3.27. The van der Waals surface area contributed by atoms with Crippen LogP contribution in [0.15, 0.2) is 5.38 Å². The average Bonchev–Trinajstić information content (AvgIpc) is 2.71. The van der Waals surface area contributed by atoms with Crippen LogP contribution in [0.2, 0.25) is 0 Å². The Morgan fingerprint density at radius 3 is 2.94 bits per heavy atom. The van der Waals surface area contributed by atoms with E-state index in [0.717, 1.165) is 18.8 Å². The van der Waals surface area contributed by atoms with Crippen molar-refractivity contribution in [2.75, 3.05) is 33.2 Å². The van der Waals surface area contributed by atoms with E-state index >= 15 is 0 Å². The van der Waals surface area contributed by atoms with E-state index in [9.17, 15) is 0 Å². The lowest BCUT2D eigenvalue weighted by atomic mass is 10.2. The van der Waals surface area contributed by atoms with Gasteiger partial charge < -0.3 is 4.90 Å². The molecule has 0 N–H and O–H groups in total. The molecule has 1 aliphatic heterocycles. The van der Waals surface area contributed by atoms with Crippen molar-refractivity contribution in [3.05, 3.63) is 16.1 Å². The van der Waals surface area contributed by atoms with Gasteiger partial charge in [-0.15, -0.1) is 22.9 Å². The van der Waals surface area contributed by atoms with E-state index in [1.165, 1.54) is 24.5 Å². The van der Waals surface area contributed by atoms with Gasteiger partial charge >= 0.3 is 0 Å². The van der Waals surface area contributed by atoms with Crippen LogP contribution >= 0.6 is 22.9 Å². The van der Waals surface area contributed by atoms with E-state index in [1.54, 1.807) is 11.3 Å². The van der Waals surface area contributed by atoms with E-state index in [1.807, 2.05) is 0 Å². The lowest BCUT2D eigenvalue weighted by Gasteiger charge is -2.25. The predicted molar refractivity (Wildman–Crippen MR) is 73.8 cm³/mol. The van der Waals surface area contributed by atoms with Gasteiger partial charge in [-0.25, -0.2) is 4.98 Å². The smallest absolute Gasteiger partial charge is 0.110 e. The molecule has 1 aliphatic rings. The van der Waals surface area contributed by atoms with Crippen LogP contribution in [0, 0.1) is 0 Å². The van der Waals surface area contributed by atoms with E-state index < -0.39 is 0 Å². The van der Waals surface area contributed by atoms with Gasteiger partial charge in [-0.3, -0.25) is 4.90 Å². The summed E-state index contributed by atoms with van der Waals surface area (Å²) in [6, 6.07) is 0.420. The van der Waals surface area contributed by atoms with E-state index in [0.29, 0.717) is 11.9 Å². The summed E-state index contributed by atoms with van der Waals surface area (Å²) >= 11 is 7.53. The molecule has 1 aromatic rings. The standard InChI is InChI=1S/C12H20ClN3S/c1-10(12-14-11(8-13)9-17-12)16-5-3-4-15(2)6-7-16/h9-10H,3-8H2,1-2H3. The second-order valence-electron chi connectivity index (χ2n) is 4.68. The van der Waals surface area contributed by atoms with Gasteiger partial charge in [-0.1, -0.05) is 0 Å². The quantitative estimate of drug-likeness (QED) is 0.789. The minimum Gasteiger partial charge on any atom is -0.305 e. The molecule has 0 spiro atoms. The highest BCUT2D eigenvalue weighted by Crippen LogP contribution is 2.25. The minimum atomic E-state index is 0.420. The average molecular weight is 274 g/mol. The van der Waals surface area contributed by atoms with Gasteiger partial charge in [0.15, 0.2) is 0 Å². The van der Waals surface area contributed by atoms with Crippen LogP contribution in [-0.4, -0.2) is 48.0 Å². The van der Waals surface area contributed by atoms with Gasteiger partial charge in [0.25, 0.3) is 0 Å². The normalized spacial score (nSPS) is 21.4. The summed E-state index contributed by atoms with van der Waals surface area (Å²) in [4.78, 5) is 9.51. The molecule has 17 heavy (non-hydrogen) atoms. The number of thiazole rings is 1. The third-order valence-electron chi connectivity index (χ3n) is 3.37. The molecule has 2 rings (SSSR count). The first kappa shape index (κ1) is 13.3. The Hall–Kier alpha value is -0.160. The Morgan fingerprint density at radius 2 is 2.24 bits per heavy atom. The highest BCUT2D eigenvalue weighted by atomic mass is 35.5. The first-order valence-corrected chi connectivity index (χ1v) is 7.55. The molecular formula is C12H20ClN3S. The molecule has 1 saturated heterocycles. The highest BCUT2D eigenvalue weighted by molar-refractivity contribution is 7.09. The maximum atomic E-state index is 5.80.